The van der Waals surface area contributed by atoms with Crippen molar-refractivity contribution in [3.05, 3.63) is 41.7 Å². The molecule has 18 heavy (non-hydrogen) atoms. The quantitative estimate of drug-likeness (QED) is 0.820. The number of rotatable bonds is 2. The first-order valence-corrected chi connectivity index (χ1v) is 6.27. The van der Waals surface area contributed by atoms with Gasteiger partial charge in [0, 0.05) is 19.3 Å². The zero-order valence-corrected chi connectivity index (χ0v) is 10.5. The molecule has 94 valence electrons. The molecule has 0 saturated carbocycles. The van der Waals surface area contributed by atoms with Crippen molar-refractivity contribution in [3.8, 4) is 0 Å². The molecule has 0 aliphatic carbocycles. The number of nitrogens with zero attached hydrogens (tertiary/aromatic N) is 3. The van der Waals surface area contributed by atoms with Gasteiger partial charge in [0.15, 0.2) is 5.82 Å². The first-order valence-electron chi connectivity index (χ1n) is 6.27. The van der Waals surface area contributed by atoms with Crippen molar-refractivity contribution in [1.29, 1.82) is 0 Å². The van der Waals surface area contributed by atoms with Crippen LogP contribution in [0.1, 0.15) is 19.0 Å². The zero-order valence-electron chi connectivity index (χ0n) is 10.5. The molecule has 0 saturated heterocycles. The van der Waals surface area contributed by atoms with Gasteiger partial charge in [-0.2, -0.15) is 0 Å². The van der Waals surface area contributed by atoms with E-state index in [0.29, 0.717) is 0 Å². The van der Waals surface area contributed by atoms with E-state index in [1.165, 1.54) is 5.57 Å². The molecule has 0 atom stereocenters. The van der Waals surface area contributed by atoms with Gasteiger partial charge in [-0.15, -0.1) is 0 Å². The van der Waals surface area contributed by atoms with Crippen LogP contribution in [-0.2, 0) is 6.61 Å². The highest BCUT2D eigenvalue weighted by molar-refractivity contribution is 5.56. The minimum absolute atomic E-state index is 0.0137. The molecule has 0 bridgehead atoms. The Balaban J connectivity index is 2.08. The summed E-state index contributed by atoms with van der Waals surface area (Å²) >= 11 is 0. The van der Waals surface area contributed by atoms with Crippen LogP contribution in [0.4, 0.5) is 5.82 Å². The average molecular weight is 243 g/mol. The molecule has 3 rings (SSSR count). The van der Waals surface area contributed by atoms with Crippen molar-refractivity contribution < 1.29 is 5.11 Å². The van der Waals surface area contributed by atoms with Crippen LogP contribution >= 0.6 is 0 Å². The van der Waals surface area contributed by atoms with Crippen molar-refractivity contribution in [2.75, 3.05) is 18.0 Å². The molecule has 0 spiro atoms. The van der Waals surface area contributed by atoms with Gasteiger partial charge in [0.2, 0.25) is 0 Å². The predicted molar refractivity (Wildman–Crippen MR) is 71.7 cm³/mol. The fourth-order valence-corrected chi connectivity index (χ4v) is 2.53. The maximum atomic E-state index is 9.60. The second-order valence-corrected chi connectivity index (χ2v) is 4.73. The Bertz CT molecular complexity index is 600. The maximum Gasteiger partial charge on any atom is 0.153 e. The highest BCUT2D eigenvalue weighted by atomic mass is 16.3. The van der Waals surface area contributed by atoms with Crippen LogP contribution in [-0.4, -0.2) is 27.6 Å². The topological polar surface area (TPSA) is 40.8 Å². The molecule has 4 nitrogen and oxygen atoms in total. The van der Waals surface area contributed by atoms with Gasteiger partial charge >= 0.3 is 0 Å². The third kappa shape index (κ3) is 1.78. The Hall–Kier alpha value is -1.81. The lowest BCUT2D eigenvalue weighted by molar-refractivity contribution is 0.276. The molecule has 0 radical (unpaired) electrons. The minimum Gasteiger partial charge on any atom is -0.390 e. The van der Waals surface area contributed by atoms with E-state index in [9.17, 15) is 5.11 Å². The Morgan fingerprint density at radius 3 is 3.06 bits per heavy atom. The van der Waals surface area contributed by atoms with E-state index in [0.717, 1.165) is 36.7 Å². The highest BCUT2D eigenvalue weighted by Gasteiger charge is 2.19. The molecular weight excluding hydrogens is 226 g/mol. The number of hydrogen-bond donors (Lipinski definition) is 1. The number of aromatic nitrogens is 2. The van der Waals surface area contributed by atoms with E-state index in [1.807, 2.05) is 28.8 Å². The Labute approximate surface area is 106 Å². The second-order valence-electron chi connectivity index (χ2n) is 4.73. The average Bonchev–Trinajstić information content (AvgIpc) is 2.77. The van der Waals surface area contributed by atoms with Crippen LogP contribution < -0.4 is 4.90 Å². The van der Waals surface area contributed by atoms with E-state index in [-0.39, 0.29) is 6.61 Å². The summed E-state index contributed by atoms with van der Waals surface area (Å²) in [6.07, 6.45) is 5.26. The number of aliphatic hydroxyl groups excluding tert-OH is 1. The lowest BCUT2D eigenvalue weighted by Gasteiger charge is -2.26. The zero-order chi connectivity index (χ0) is 12.5. The maximum absolute atomic E-state index is 9.60. The van der Waals surface area contributed by atoms with Crippen molar-refractivity contribution in [2.24, 2.45) is 0 Å². The van der Waals surface area contributed by atoms with E-state index in [2.05, 4.69) is 22.9 Å². The fourth-order valence-electron chi connectivity index (χ4n) is 2.53. The number of anilines is 1. The van der Waals surface area contributed by atoms with Gasteiger partial charge in [0.25, 0.3) is 0 Å². The smallest absolute Gasteiger partial charge is 0.153 e. The highest BCUT2D eigenvalue weighted by Crippen LogP contribution is 2.24. The summed E-state index contributed by atoms with van der Waals surface area (Å²) < 4.78 is 1.96. The SMILES string of the molecule is CC1=CCCN(c2nc3ccccn3c2CO)C1. The summed E-state index contributed by atoms with van der Waals surface area (Å²) in [6.45, 7) is 4.02. The predicted octanol–water partition coefficient (Wildman–Crippen LogP) is 1.98. The van der Waals surface area contributed by atoms with Crippen LogP contribution in [0.25, 0.3) is 5.65 Å². The minimum atomic E-state index is 0.0137. The normalized spacial score (nSPS) is 16.1. The van der Waals surface area contributed by atoms with Gasteiger partial charge in [-0.3, -0.25) is 4.40 Å². The molecule has 1 N–H and O–H groups in total. The molecule has 4 heteroatoms. The van der Waals surface area contributed by atoms with Crippen molar-refractivity contribution >= 4 is 11.5 Å². The van der Waals surface area contributed by atoms with Gasteiger partial charge in [0.05, 0.1) is 12.3 Å². The summed E-state index contributed by atoms with van der Waals surface area (Å²) in [7, 11) is 0. The number of pyridine rings is 1. The van der Waals surface area contributed by atoms with Crippen LogP contribution in [0.3, 0.4) is 0 Å². The number of fused-ring (bicyclic) bond motifs is 1. The molecule has 0 fully saturated rings. The summed E-state index contributed by atoms with van der Waals surface area (Å²) in [5, 5.41) is 9.60. The fraction of sp³-hybridized carbons (Fsp3) is 0.357. The summed E-state index contributed by atoms with van der Waals surface area (Å²) in [5.41, 5.74) is 3.13. The van der Waals surface area contributed by atoms with E-state index >= 15 is 0 Å². The lowest BCUT2D eigenvalue weighted by Crippen LogP contribution is -2.30. The number of aliphatic hydroxyl groups is 1. The molecular formula is C14H17N3O. The van der Waals surface area contributed by atoms with Gasteiger partial charge in [-0.25, -0.2) is 4.98 Å². The van der Waals surface area contributed by atoms with Crippen LogP contribution in [0.15, 0.2) is 36.0 Å². The Morgan fingerprint density at radius 2 is 2.28 bits per heavy atom. The molecule has 2 aromatic rings. The molecule has 2 aromatic heterocycles. The van der Waals surface area contributed by atoms with Gasteiger partial charge in [-0.05, 0) is 25.5 Å². The summed E-state index contributed by atoms with van der Waals surface area (Å²) in [4.78, 5) is 6.89. The van der Waals surface area contributed by atoms with Gasteiger partial charge in [-0.1, -0.05) is 17.7 Å². The van der Waals surface area contributed by atoms with Crippen LogP contribution in [0.2, 0.25) is 0 Å². The number of imidazole rings is 1. The lowest BCUT2D eigenvalue weighted by atomic mass is 10.1. The van der Waals surface area contributed by atoms with Crippen LogP contribution in [0.5, 0.6) is 0 Å². The van der Waals surface area contributed by atoms with E-state index in [1.54, 1.807) is 0 Å². The number of hydrogen-bond acceptors (Lipinski definition) is 3. The molecule has 0 aromatic carbocycles. The second kappa shape index (κ2) is 4.46. The molecule has 1 aliphatic rings. The first-order chi connectivity index (χ1) is 8.79. The first kappa shape index (κ1) is 11.3. The summed E-state index contributed by atoms with van der Waals surface area (Å²) in [6, 6.07) is 5.89. The third-order valence-electron chi connectivity index (χ3n) is 3.39. The van der Waals surface area contributed by atoms with Crippen molar-refractivity contribution in [3.63, 3.8) is 0 Å². The molecule has 1 aliphatic heterocycles. The Kier molecular flexibility index (Phi) is 2.80. The van der Waals surface area contributed by atoms with Crippen LogP contribution in [0, 0.1) is 0 Å². The van der Waals surface area contributed by atoms with Crippen molar-refractivity contribution in [2.45, 2.75) is 20.0 Å². The Morgan fingerprint density at radius 1 is 1.39 bits per heavy atom. The monoisotopic (exact) mass is 243 g/mol. The standard InChI is InChI=1S/C14H17N3O/c1-11-5-4-7-16(9-11)14-12(10-18)17-8-3-2-6-13(17)15-14/h2-3,5-6,8,18H,4,7,9-10H2,1H3. The van der Waals surface area contributed by atoms with E-state index < -0.39 is 0 Å². The third-order valence-corrected chi connectivity index (χ3v) is 3.39. The van der Waals surface area contributed by atoms with E-state index in [4.69, 9.17) is 0 Å². The largest absolute Gasteiger partial charge is 0.390 e. The molecule has 0 unspecified atom stereocenters. The molecule has 3 heterocycles. The van der Waals surface area contributed by atoms with Crippen molar-refractivity contribution in [1.82, 2.24) is 9.38 Å². The van der Waals surface area contributed by atoms with Gasteiger partial charge in [0.1, 0.15) is 5.65 Å². The summed E-state index contributed by atoms with van der Waals surface area (Å²) in [5.74, 6) is 0.913. The van der Waals surface area contributed by atoms with Gasteiger partial charge < -0.3 is 10.0 Å². The molecule has 0 amide bonds.